The van der Waals surface area contributed by atoms with Crippen molar-refractivity contribution in [3.63, 3.8) is 0 Å². The van der Waals surface area contributed by atoms with Gasteiger partial charge in [0.2, 0.25) is 11.8 Å². The maximum Gasteiger partial charge on any atom is 0.264 e. The van der Waals surface area contributed by atoms with Gasteiger partial charge in [-0.2, -0.15) is 0 Å². The summed E-state index contributed by atoms with van der Waals surface area (Å²) in [5.41, 5.74) is 1.50. The number of carbonyl (C=O) groups excluding carboxylic acids is 2. The zero-order valence-electron chi connectivity index (χ0n) is 24.0. The van der Waals surface area contributed by atoms with Gasteiger partial charge < -0.3 is 10.2 Å². The summed E-state index contributed by atoms with van der Waals surface area (Å²) < 4.78 is 42.9. The van der Waals surface area contributed by atoms with E-state index < -0.39 is 34.3 Å². The Morgan fingerprint density at radius 3 is 2.11 bits per heavy atom. The van der Waals surface area contributed by atoms with E-state index in [9.17, 15) is 22.4 Å². The van der Waals surface area contributed by atoms with Crippen LogP contribution < -0.4 is 9.62 Å². The van der Waals surface area contributed by atoms with E-state index in [4.69, 9.17) is 23.2 Å². The van der Waals surface area contributed by atoms with Crippen molar-refractivity contribution in [2.45, 2.75) is 37.2 Å². The SMILES string of the molecule is CCCNC(=O)C(Cc1ccccc1)N(Cc1ccc(Cl)cc1)C(=O)CN(c1ccc(F)c(Cl)c1)S(=O)(=O)c1ccccc1. The van der Waals surface area contributed by atoms with Crippen LogP contribution in [-0.2, 0) is 32.6 Å². The fourth-order valence-corrected chi connectivity index (χ4v) is 6.32. The number of hydrogen-bond donors (Lipinski definition) is 1. The van der Waals surface area contributed by atoms with Crippen LogP contribution in [0.25, 0.3) is 0 Å². The molecule has 0 aromatic heterocycles. The Labute approximate surface area is 267 Å². The lowest BCUT2D eigenvalue weighted by molar-refractivity contribution is -0.140. The molecule has 0 aliphatic carbocycles. The first-order valence-corrected chi connectivity index (χ1v) is 16.2. The minimum absolute atomic E-state index is 0.00353. The summed E-state index contributed by atoms with van der Waals surface area (Å²) >= 11 is 12.2. The fourth-order valence-electron chi connectivity index (χ4n) is 4.60. The van der Waals surface area contributed by atoms with E-state index in [0.717, 1.165) is 22.0 Å². The van der Waals surface area contributed by atoms with Crippen LogP contribution in [0.1, 0.15) is 24.5 Å². The highest BCUT2D eigenvalue weighted by Gasteiger charge is 2.34. The van der Waals surface area contributed by atoms with Crippen LogP contribution >= 0.6 is 23.2 Å². The maximum atomic E-state index is 14.3. The molecule has 0 bridgehead atoms. The third-order valence-electron chi connectivity index (χ3n) is 6.89. The lowest BCUT2D eigenvalue weighted by Crippen LogP contribution is -2.53. The molecule has 0 aliphatic heterocycles. The van der Waals surface area contributed by atoms with Gasteiger partial charge in [-0.1, -0.05) is 90.8 Å². The minimum atomic E-state index is -4.32. The Bertz CT molecular complexity index is 1670. The van der Waals surface area contributed by atoms with E-state index in [1.807, 2.05) is 37.3 Å². The predicted octanol–water partition coefficient (Wildman–Crippen LogP) is 6.49. The van der Waals surface area contributed by atoms with E-state index in [-0.39, 0.29) is 34.5 Å². The standard InChI is InChI=1S/C33H32Cl2FN3O4S/c1-2-19-37-33(41)31(20-24-9-5-3-6-10-24)38(22-25-13-15-26(34)16-14-25)32(40)23-39(27-17-18-30(36)29(35)21-27)44(42,43)28-11-7-4-8-12-28/h3-18,21,31H,2,19-20,22-23H2,1H3,(H,37,41). The largest absolute Gasteiger partial charge is 0.354 e. The number of anilines is 1. The van der Waals surface area contributed by atoms with Gasteiger partial charge in [0.15, 0.2) is 0 Å². The zero-order chi connectivity index (χ0) is 31.7. The van der Waals surface area contributed by atoms with Crippen molar-refractivity contribution in [3.8, 4) is 0 Å². The van der Waals surface area contributed by atoms with Crippen LogP contribution in [-0.4, -0.2) is 44.3 Å². The monoisotopic (exact) mass is 655 g/mol. The molecule has 0 saturated heterocycles. The fraction of sp³-hybridized carbons (Fsp3) is 0.212. The summed E-state index contributed by atoms with van der Waals surface area (Å²) in [7, 11) is -4.32. The molecule has 4 aromatic rings. The number of halogens is 3. The Kier molecular flexibility index (Phi) is 11.4. The molecule has 4 rings (SSSR count). The number of benzene rings is 4. The van der Waals surface area contributed by atoms with Gasteiger partial charge >= 0.3 is 0 Å². The van der Waals surface area contributed by atoms with Crippen LogP contribution in [0.5, 0.6) is 0 Å². The van der Waals surface area contributed by atoms with Gasteiger partial charge in [-0.3, -0.25) is 13.9 Å². The van der Waals surface area contributed by atoms with Crippen LogP contribution in [0.4, 0.5) is 10.1 Å². The summed E-state index contributed by atoms with van der Waals surface area (Å²) in [5.74, 6) is -1.76. The summed E-state index contributed by atoms with van der Waals surface area (Å²) in [5, 5.41) is 3.09. The van der Waals surface area contributed by atoms with Gasteiger partial charge in [0.05, 0.1) is 15.6 Å². The molecule has 230 valence electrons. The predicted molar refractivity (Wildman–Crippen MR) is 172 cm³/mol. The molecule has 11 heteroatoms. The Hall–Kier alpha value is -3.92. The zero-order valence-corrected chi connectivity index (χ0v) is 26.3. The molecule has 44 heavy (non-hydrogen) atoms. The first kappa shape index (κ1) is 33.0. The molecule has 1 N–H and O–H groups in total. The molecule has 1 unspecified atom stereocenters. The lowest BCUT2D eigenvalue weighted by atomic mass is 10.0. The number of nitrogens with one attached hydrogen (secondary N) is 1. The van der Waals surface area contributed by atoms with Crippen LogP contribution in [0.2, 0.25) is 10.0 Å². The van der Waals surface area contributed by atoms with Gasteiger partial charge in [0.1, 0.15) is 18.4 Å². The van der Waals surface area contributed by atoms with Crippen LogP contribution in [0.3, 0.4) is 0 Å². The number of carbonyl (C=O) groups is 2. The average Bonchev–Trinajstić information content (AvgIpc) is 3.03. The number of sulfonamides is 1. The van der Waals surface area contributed by atoms with Crippen molar-refractivity contribution in [3.05, 3.63) is 130 Å². The highest BCUT2D eigenvalue weighted by atomic mass is 35.5. The average molecular weight is 657 g/mol. The number of amides is 2. The second-order valence-corrected chi connectivity index (χ2v) is 12.8. The summed E-state index contributed by atoms with van der Waals surface area (Å²) in [6.07, 6.45) is 0.868. The molecular weight excluding hydrogens is 624 g/mol. The molecule has 7 nitrogen and oxygen atoms in total. The minimum Gasteiger partial charge on any atom is -0.354 e. The van der Waals surface area contributed by atoms with E-state index in [1.165, 1.54) is 23.1 Å². The van der Waals surface area contributed by atoms with Crippen molar-refractivity contribution in [1.82, 2.24) is 10.2 Å². The molecule has 0 heterocycles. The van der Waals surface area contributed by atoms with Gasteiger partial charge in [-0.15, -0.1) is 0 Å². The first-order valence-electron chi connectivity index (χ1n) is 14.0. The number of rotatable bonds is 13. The third kappa shape index (κ3) is 8.37. The van der Waals surface area contributed by atoms with Crippen molar-refractivity contribution >= 4 is 50.7 Å². The topological polar surface area (TPSA) is 86.8 Å². The molecule has 0 saturated carbocycles. The van der Waals surface area contributed by atoms with Crippen LogP contribution in [0, 0.1) is 5.82 Å². The van der Waals surface area contributed by atoms with Crippen molar-refractivity contribution in [2.75, 3.05) is 17.4 Å². The van der Waals surface area contributed by atoms with Gasteiger partial charge in [-0.05, 0) is 60.0 Å². The van der Waals surface area contributed by atoms with E-state index in [0.29, 0.717) is 23.6 Å². The Morgan fingerprint density at radius 1 is 0.864 bits per heavy atom. The Morgan fingerprint density at radius 2 is 1.50 bits per heavy atom. The quantitative estimate of drug-likeness (QED) is 0.178. The summed E-state index contributed by atoms with van der Waals surface area (Å²) in [6, 6.07) is 26.1. The molecule has 2 amide bonds. The second-order valence-electron chi connectivity index (χ2n) is 10.1. The van der Waals surface area contributed by atoms with Gasteiger partial charge in [-0.25, -0.2) is 12.8 Å². The molecule has 0 radical (unpaired) electrons. The van der Waals surface area contributed by atoms with Gasteiger partial charge in [0.25, 0.3) is 10.0 Å². The van der Waals surface area contributed by atoms with Crippen molar-refractivity contribution < 1.29 is 22.4 Å². The number of hydrogen-bond acceptors (Lipinski definition) is 4. The molecule has 0 spiro atoms. The smallest absolute Gasteiger partial charge is 0.264 e. The van der Waals surface area contributed by atoms with Crippen molar-refractivity contribution in [1.29, 1.82) is 0 Å². The molecule has 0 fully saturated rings. The molecule has 4 aromatic carbocycles. The van der Waals surface area contributed by atoms with E-state index in [2.05, 4.69) is 5.32 Å². The molecule has 1 atom stereocenters. The van der Waals surface area contributed by atoms with E-state index in [1.54, 1.807) is 42.5 Å². The lowest BCUT2D eigenvalue weighted by Gasteiger charge is -2.34. The summed E-state index contributed by atoms with van der Waals surface area (Å²) in [4.78, 5) is 29.3. The Balaban J connectivity index is 1.80. The first-order chi connectivity index (χ1) is 21.1. The number of nitrogens with zero attached hydrogens (tertiary/aromatic N) is 2. The summed E-state index contributed by atoms with van der Waals surface area (Å²) in [6.45, 7) is 1.63. The van der Waals surface area contributed by atoms with Gasteiger partial charge in [0, 0.05) is 24.5 Å². The second kappa shape index (κ2) is 15.2. The van der Waals surface area contributed by atoms with E-state index >= 15 is 0 Å². The molecular formula is C33H32Cl2FN3O4S. The normalized spacial score (nSPS) is 11.9. The van der Waals surface area contributed by atoms with Crippen molar-refractivity contribution in [2.24, 2.45) is 0 Å². The molecule has 0 aliphatic rings. The highest BCUT2D eigenvalue weighted by molar-refractivity contribution is 7.92. The maximum absolute atomic E-state index is 14.3. The van der Waals surface area contributed by atoms with Crippen LogP contribution in [0.15, 0.2) is 108 Å². The third-order valence-corrected chi connectivity index (χ3v) is 9.22. The highest BCUT2D eigenvalue weighted by Crippen LogP contribution is 2.28.